The van der Waals surface area contributed by atoms with Gasteiger partial charge in [-0.3, -0.25) is 4.79 Å². The maximum absolute atomic E-state index is 12.0. The van der Waals surface area contributed by atoms with Crippen LogP contribution in [0.4, 0.5) is 11.4 Å². The van der Waals surface area contributed by atoms with Gasteiger partial charge in [-0.25, -0.2) is 0 Å². The van der Waals surface area contributed by atoms with Crippen LogP contribution < -0.4 is 15.8 Å². The highest BCUT2D eigenvalue weighted by Gasteiger charge is 2.14. The largest absolute Gasteiger partial charge is 0.457 e. The van der Waals surface area contributed by atoms with Crippen LogP contribution in [0.3, 0.4) is 0 Å². The maximum Gasteiger partial charge on any atom is 0.226 e. The minimum absolute atomic E-state index is 0.114. The highest BCUT2D eigenvalue weighted by molar-refractivity contribution is 5.91. The number of ether oxygens (including phenoxy) is 2. The minimum Gasteiger partial charge on any atom is -0.457 e. The van der Waals surface area contributed by atoms with Crippen molar-refractivity contribution in [3.8, 4) is 22.6 Å². The van der Waals surface area contributed by atoms with Crippen LogP contribution in [-0.4, -0.2) is 24.8 Å². The first-order chi connectivity index (χ1) is 13.9. The van der Waals surface area contributed by atoms with Gasteiger partial charge in [0.15, 0.2) is 0 Å². The van der Waals surface area contributed by atoms with Gasteiger partial charge in [0.05, 0.1) is 18.7 Å². The normalized spacial score (nSPS) is 10.8. The predicted molar refractivity (Wildman–Crippen MR) is 112 cm³/mol. The summed E-state index contributed by atoms with van der Waals surface area (Å²) in [6, 6.07) is 11.0. The summed E-state index contributed by atoms with van der Waals surface area (Å²) in [6.45, 7) is 6.03. The average Bonchev–Trinajstić information content (AvgIpc) is 3.00. The molecule has 0 aliphatic rings. The molecule has 0 aliphatic carbocycles. The molecule has 0 aliphatic heterocycles. The van der Waals surface area contributed by atoms with E-state index in [9.17, 15) is 4.79 Å². The summed E-state index contributed by atoms with van der Waals surface area (Å²) in [7, 11) is 1.56. The zero-order valence-electron chi connectivity index (χ0n) is 17.0. The molecular weight excluding hydrogens is 370 g/mol. The summed E-state index contributed by atoms with van der Waals surface area (Å²) < 4.78 is 16.2. The number of hydrogen-bond acceptors (Lipinski definition) is 6. The number of carbonyl (C=O) groups is 1. The molecule has 3 N–H and O–H groups in total. The molecule has 3 rings (SSSR count). The van der Waals surface area contributed by atoms with E-state index in [0.29, 0.717) is 29.5 Å². The molecule has 7 nitrogen and oxygen atoms in total. The minimum atomic E-state index is -0.114. The molecule has 0 unspecified atom stereocenters. The topological polar surface area (TPSA) is 99.6 Å². The zero-order valence-corrected chi connectivity index (χ0v) is 17.0. The standard InChI is InChI=1S/C22H25N3O4/c1-13-5-6-18(12-20(13)24-21(26)7-8-27-4)28-19-10-16(9-17(23)11-19)22-14(2)25-29-15(22)3/h5-6,9-12H,7-8,23H2,1-4H3,(H,24,26). The third-order valence-electron chi connectivity index (χ3n) is 4.50. The SMILES string of the molecule is COCCC(=O)Nc1cc(Oc2cc(N)cc(-c3c(C)noc3C)c2)ccc1C. The molecule has 0 saturated carbocycles. The summed E-state index contributed by atoms with van der Waals surface area (Å²) in [5.41, 5.74) is 10.8. The molecular formula is C22H25N3O4. The van der Waals surface area contributed by atoms with Crippen LogP contribution in [-0.2, 0) is 9.53 Å². The van der Waals surface area contributed by atoms with E-state index in [-0.39, 0.29) is 12.3 Å². The second-order valence-electron chi connectivity index (χ2n) is 6.86. The Balaban J connectivity index is 1.85. The highest BCUT2D eigenvalue weighted by Crippen LogP contribution is 2.34. The van der Waals surface area contributed by atoms with Crippen molar-refractivity contribution in [2.45, 2.75) is 27.2 Å². The quantitative estimate of drug-likeness (QED) is 0.567. The molecule has 0 saturated heterocycles. The van der Waals surface area contributed by atoms with Crippen LogP contribution in [0.2, 0.25) is 0 Å². The lowest BCUT2D eigenvalue weighted by atomic mass is 10.0. The Morgan fingerprint density at radius 1 is 1.14 bits per heavy atom. The lowest BCUT2D eigenvalue weighted by Crippen LogP contribution is -2.14. The summed E-state index contributed by atoms with van der Waals surface area (Å²) in [6.07, 6.45) is 0.289. The molecule has 0 atom stereocenters. The lowest BCUT2D eigenvalue weighted by molar-refractivity contribution is -0.117. The number of rotatable bonds is 7. The van der Waals surface area contributed by atoms with E-state index in [1.54, 1.807) is 19.2 Å². The van der Waals surface area contributed by atoms with E-state index in [0.717, 1.165) is 28.1 Å². The van der Waals surface area contributed by atoms with Crippen molar-refractivity contribution in [2.75, 3.05) is 24.8 Å². The van der Waals surface area contributed by atoms with Crippen LogP contribution >= 0.6 is 0 Å². The monoisotopic (exact) mass is 395 g/mol. The van der Waals surface area contributed by atoms with Crippen LogP contribution in [0.5, 0.6) is 11.5 Å². The van der Waals surface area contributed by atoms with Crippen molar-refractivity contribution in [2.24, 2.45) is 0 Å². The molecule has 152 valence electrons. The number of aromatic nitrogens is 1. The van der Waals surface area contributed by atoms with Crippen LogP contribution in [0.15, 0.2) is 40.9 Å². The number of nitrogen functional groups attached to an aromatic ring is 1. The third-order valence-corrected chi connectivity index (χ3v) is 4.50. The summed E-state index contributed by atoms with van der Waals surface area (Å²) in [4.78, 5) is 12.0. The van der Waals surface area contributed by atoms with Gasteiger partial charge < -0.3 is 25.0 Å². The van der Waals surface area contributed by atoms with Crippen LogP contribution in [0, 0.1) is 20.8 Å². The Morgan fingerprint density at radius 2 is 1.93 bits per heavy atom. The van der Waals surface area contributed by atoms with Crippen molar-refractivity contribution in [1.29, 1.82) is 0 Å². The number of anilines is 2. The van der Waals surface area contributed by atoms with E-state index >= 15 is 0 Å². The fourth-order valence-electron chi connectivity index (χ4n) is 3.06. The van der Waals surface area contributed by atoms with Gasteiger partial charge in [0.1, 0.15) is 17.3 Å². The van der Waals surface area contributed by atoms with Crippen LogP contribution in [0.1, 0.15) is 23.4 Å². The van der Waals surface area contributed by atoms with Gasteiger partial charge in [-0.2, -0.15) is 0 Å². The van der Waals surface area contributed by atoms with Crippen molar-refractivity contribution in [3.63, 3.8) is 0 Å². The van der Waals surface area contributed by atoms with Gasteiger partial charge in [-0.05, 0) is 50.1 Å². The van der Waals surface area contributed by atoms with Crippen molar-refractivity contribution < 1.29 is 18.8 Å². The smallest absolute Gasteiger partial charge is 0.226 e. The molecule has 1 aromatic heterocycles. The van der Waals surface area contributed by atoms with Gasteiger partial charge in [-0.1, -0.05) is 11.2 Å². The number of hydrogen-bond donors (Lipinski definition) is 2. The lowest BCUT2D eigenvalue weighted by Gasteiger charge is -2.13. The van der Waals surface area contributed by atoms with Gasteiger partial charge in [0.2, 0.25) is 5.91 Å². The Kier molecular flexibility index (Phi) is 6.19. The van der Waals surface area contributed by atoms with Gasteiger partial charge in [0, 0.05) is 36.2 Å². The number of nitrogens with two attached hydrogens (primary N) is 1. The van der Waals surface area contributed by atoms with Crippen molar-refractivity contribution >= 4 is 17.3 Å². The second-order valence-corrected chi connectivity index (χ2v) is 6.86. The average molecular weight is 395 g/mol. The molecule has 0 bridgehead atoms. The molecule has 3 aromatic rings. The predicted octanol–water partition coefficient (Wildman–Crippen LogP) is 4.62. The molecule has 0 fully saturated rings. The van der Waals surface area contributed by atoms with E-state index in [1.807, 2.05) is 45.0 Å². The molecule has 2 aromatic carbocycles. The Hall–Kier alpha value is -3.32. The molecule has 0 radical (unpaired) electrons. The first kappa shape index (κ1) is 20.4. The Labute approximate surface area is 169 Å². The Bertz CT molecular complexity index is 1010. The zero-order chi connectivity index (χ0) is 21.0. The molecule has 7 heteroatoms. The fourth-order valence-corrected chi connectivity index (χ4v) is 3.06. The first-order valence-corrected chi connectivity index (χ1v) is 9.28. The number of benzene rings is 2. The first-order valence-electron chi connectivity index (χ1n) is 9.28. The molecule has 1 heterocycles. The van der Waals surface area contributed by atoms with Gasteiger partial charge in [-0.15, -0.1) is 0 Å². The van der Waals surface area contributed by atoms with Gasteiger partial charge >= 0.3 is 0 Å². The summed E-state index contributed by atoms with van der Waals surface area (Å²) in [5, 5.41) is 6.89. The number of aryl methyl sites for hydroxylation is 3. The maximum atomic E-state index is 12.0. The number of nitrogens with zero attached hydrogens (tertiary/aromatic N) is 1. The molecule has 1 amide bonds. The van der Waals surface area contributed by atoms with E-state index in [4.69, 9.17) is 19.7 Å². The molecule has 29 heavy (non-hydrogen) atoms. The van der Waals surface area contributed by atoms with E-state index in [1.165, 1.54) is 0 Å². The van der Waals surface area contributed by atoms with E-state index < -0.39 is 0 Å². The summed E-state index contributed by atoms with van der Waals surface area (Å²) in [5.74, 6) is 1.78. The van der Waals surface area contributed by atoms with Crippen molar-refractivity contribution in [1.82, 2.24) is 5.16 Å². The Morgan fingerprint density at radius 3 is 2.62 bits per heavy atom. The van der Waals surface area contributed by atoms with E-state index in [2.05, 4.69) is 10.5 Å². The number of amides is 1. The third kappa shape index (κ3) is 4.94. The highest BCUT2D eigenvalue weighted by atomic mass is 16.5. The summed E-state index contributed by atoms with van der Waals surface area (Å²) >= 11 is 0. The fraction of sp³-hybridized carbons (Fsp3) is 0.273. The number of methoxy groups -OCH3 is 1. The molecule has 0 spiro atoms. The van der Waals surface area contributed by atoms with Gasteiger partial charge in [0.25, 0.3) is 0 Å². The van der Waals surface area contributed by atoms with Crippen molar-refractivity contribution in [3.05, 3.63) is 53.4 Å². The number of carbonyl (C=O) groups excluding carboxylic acids is 1. The van der Waals surface area contributed by atoms with Crippen LogP contribution in [0.25, 0.3) is 11.1 Å². The number of nitrogens with one attached hydrogen (secondary N) is 1. The second kappa shape index (κ2) is 8.79.